The van der Waals surface area contributed by atoms with E-state index in [4.69, 9.17) is 4.74 Å². The van der Waals surface area contributed by atoms with Crippen LogP contribution >= 0.6 is 0 Å². The number of ether oxygens (including phenoxy) is 1. The van der Waals surface area contributed by atoms with Crippen molar-refractivity contribution >= 4 is 5.82 Å². The fraction of sp³-hybridized carbons (Fsp3) is 0.667. The molecule has 0 spiro atoms. The molecule has 0 aromatic carbocycles. The zero-order chi connectivity index (χ0) is 12.5. The van der Waals surface area contributed by atoms with Crippen LogP contribution in [0.1, 0.15) is 25.5 Å². The van der Waals surface area contributed by atoms with Crippen molar-refractivity contribution in [3.8, 4) is 0 Å². The van der Waals surface area contributed by atoms with Gasteiger partial charge in [-0.05, 0) is 12.8 Å². The highest BCUT2D eigenvalue weighted by molar-refractivity contribution is 5.34. The molecule has 0 bridgehead atoms. The summed E-state index contributed by atoms with van der Waals surface area (Å²) in [5.74, 6) is 0.813. The van der Waals surface area contributed by atoms with Gasteiger partial charge in [0.25, 0.3) is 0 Å². The molecule has 0 saturated heterocycles. The van der Waals surface area contributed by atoms with E-state index in [1.807, 2.05) is 6.07 Å². The minimum atomic E-state index is -0.426. The molecule has 0 amide bonds. The molecule has 0 fully saturated rings. The van der Waals surface area contributed by atoms with Gasteiger partial charge < -0.3 is 15.2 Å². The molecule has 0 aliphatic rings. The predicted molar refractivity (Wildman–Crippen MR) is 67.0 cm³/mol. The Morgan fingerprint density at radius 3 is 3.00 bits per heavy atom. The monoisotopic (exact) mass is 239 g/mol. The van der Waals surface area contributed by atoms with Crippen LogP contribution in [0.15, 0.2) is 12.4 Å². The SMILES string of the molecule is CCCc1cc(NCCC(O)COC)ncn1. The van der Waals surface area contributed by atoms with E-state index in [9.17, 15) is 5.11 Å². The number of hydrogen-bond donors (Lipinski definition) is 2. The first-order chi connectivity index (χ1) is 8.26. The highest BCUT2D eigenvalue weighted by atomic mass is 16.5. The minimum Gasteiger partial charge on any atom is -0.391 e. The van der Waals surface area contributed by atoms with Gasteiger partial charge in [-0.15, -0.1) is 0 Å². The van der Waals surface area contributed by atoms with Crippen molar-refractivity contribution in [1.29, 1.82) is 0 Å². The second-order valence-electron chi connectivity index (χ2n) is 3.97. The molecule has 5 nitrogen and oxygen atoms in total. The van der Waals surface area contributed by atoms with Crippen molar-refractivity contribution in [2.24, 2.45) is 0 Å². The summed E-state index contributed by atoms with van der Waals surface area (Å²) >= 11 is 0. The molecule has 1 unspecified atom stereocenters. The molecule has 1 rings (SSSR count). The minimum absolute atomic E-state index is 0.368. The second-order valence-corrected chi connectivity index (χ2v) is 3.97. The third-order valence-corrected chi connectivity index (χ3v) is 2.37. The second kappa shape index (κ2) is 7.97. The van der Waals surface area contributed by atoms with Crippen LogP contribution in [0.3, 0.4) is 0 Å². The van der Waals surface area contributed by atoms with Crippen LogP contribution in [0.2, 0.25) is 0 Å². The van der Waals surface area contributed by atoms with Crippen LogP contribution in [0.4, 0.5) is 5.82 Å². The lowest BCUT2D eigenvalue weighted by atomic mass is 10.2. The van der Waals surface area contributed by atoms with Crippen molar-refractivity contribution in [1.82, 2.24) is 9.97 Å². The van der Waals surface area contributed by atoms with Crippen molar-refractivity contribution in [3.05, 3.63) is 18.1 Å². The van der Waals surface area contributed by atoms with Gasteiger partial charge in [0.05, 0.1) is 12.7 Å². The maximum atomic E-state index is 9.47. The average Bonchev–Trinajstić information content (AvgIpc) is 2.30. The Morgan fingerprint density at radius 2 is 2.29 bits per heavy atom. The molecule has 2 N–H and O–H groups in total. The van der Waals surface area contributed by atoms with Crippen LogP contribution < -0.4 is 5.32 Å². The largest absolute Gasteiger partial charge is 0.391 e. The lowest BCUT2D eigenvalue weighted by molar-refractivity contribution is 0.0615. The number of rotatable bonds is 8. The third-order valence-electron chi connectivity index (χ3n) is 2.37. The molecule has 96 valence electrons. The Kier molecular flexibility index (Phi) is 6.50. The summed E-state index contributed by atoms with van der Waals surface area (Å²) in [5, 5.41) is 12.6. The summed E-state index contributed by atoms with van der Waals surface area (Å²) in [6.45, 7) is 3.16. The topological polar surface area (TPSA) is 67.3 Å². The van der Waals surface area contributed by atoms with Crippen LogP contribution in [-0.4, -0.2) is 41.4 Å². The van der Waals surface area contributed by atoms with Crippen LogP contribution in [0, 0.1) is 0 Å². The third kappa shape index (κ3) is 5.60. The molecule has 0 aliphatic carbocycles. The lowest BCUT2D eigenvalue weighted by Crippen LogP contribution is -2.18. The average molecular weight is 239 g/mol. The Labute approximate surface area is 102 Å². The number of aliphatic hydroxyl groups is 1. The summed E-state index contributed by atoms with van der Waals surface area (Å²) in [6.07, 6.45) is 3.82. The summed E-state index contributed by atoms with van der Waals surface area (Å²) in [4.78, 5) is 8.31. The zero-order valence-corrected chi connectivity index (χ0v) is 10.5. The number of methoxy groups -OCH3 is 1. The van der Waals surface area contributed by atoms with Gasteiger partial charge in [-0.25, -0.2) is 9.97 Å². The first-order valence-corrected chi connectivity index (χ1v) is 5.98. The summed E-state index contributed by atoms with van der Waals surface area (Å²) in [7, 11) is 1.58. The molecular formula is C12H21N3O2. The number of aromatic nitrogens is 2. The number of aliphatic hydroxyl groups excluding tert-OH is 1. The van der Waals surface area contributed by atoms with Crippen LogP contribution in [0.25, 0.3) is 0 Å². The van der Waals surface area contributed by atoms with Gasteiger partial charge in [0.2, 0.25) is 0 Å². The Morgan fingerprint density at radius 1 is 1.47 bits per heavy atom. The Balaban J connectivity index is 2.33. The Bertz CT molecular complexity index is 320. The molecule has 0 radical (unpaired) electrons. The molecule has 5 heteroatoms. The highest BCUT2D eigenvalue weighted by Crippen LogP contribution is 2.06. The lowest BCUT2D eigenvalue weighted by Gasteiger charge is -2.10. The standard InChI is InChI=1S/C12H21N3O2/c1-3-4-10-7-12(15-9-14-10)13-6-5-11(16)8-17-2/h7,9,11,16H,3-6,8H2,1-2H3,(H,13,14,15). The molecule has 1 aromatic rings. The molecule has 1 heterocycles. The van der Waals surface area contributed by atoms with Gasteiger partial charge in [0.15, 0.2) is 0 Å². The van der Waals surface area contributed by atoms with Crippen LogP contribution in [-0.2, 0) is 11.2 Å². The molecule has 17 heavy (non-hydrogen) atoms. The van der Waals surface area contributed by atoms with Gasteiger partial charge >= 0.3 is 0 Å². The zero-order valence-electron chi connectivity index (χ0n) is 10.5. The fourth-order valence-corrected chi connectivity index (χ4v) is 1.53. The molecular weight excluding hydrogens is 218 g/mol. The number of nitrogens with one attached hydrogen (secondary N) is 1. The van der Waals surface area contributed by atoms with E-state index in [0.29, 0.717) is 19.6 Å². The van der Waals surface area contributed by atoms with Crippen molar-refractivity contribution in [2.75, 3.05) is 25.6 Å². The fourth-order valence-electron chi connectivity index (χ4n) is 1.53. The molecule has 0 aliphatic heterocycles. The predicted octanol–water partition coefficient (Wildman–Crippen LogP) is 1.24. The number of nitrogens with zero attached hydrogens (tertiary/aromatic N) is 2. The van der Waals surface area contributed by atoms with E-state index in [1.165, 1.54) is 0 Å². The highest BCUT2D eigenvalue weighted by Gasteiger charge is 2.03. The van der Waals surface area contributed by atoms with Gasteiger partial charge in [-0.2, -0.15) is 0 Å². The van der Waals surface area contributed by atoms with Gasteiger partial charge in [0.1, 0.15) is 12.1 Å². The molecule has 0 saturated carbocycles. The maximum absolute atomic E-state index is 9.47. The molecule has 1 aromatic heterocycles. The van der Waals surface area contributed by atoms with E-state index in [1.54, 1.807) is 13.4 Å². The van der Waals surface area contributed by atoms with Crippen molar-refractivity contribution in [2.45, 2.75) is 32.3 Å². The molecule has 1 atom stereocenters. The van der Waals surface area contributed by atoms with E-state index in [2.05, 4.69) is 22.2 Å². The van der Waals surface area contributed by atoms with Gasteiger partial charge in [-0.1, -0.05) is 13.3 Å². The summed E-state index contributed by atoms with van der Waals surface area (Å²) in [6, 6.07) is 1.95. The van der Waals surface area contributed by atoms with Crippen molar-refractivity contribution in [3.63, 3.8) is 0 Å². The van der Waals surface area contributed by atoms with E-state index < -0.39 is 6.10 Å². The maximum Gasteiger partial charge on any atom is 0.129 e. The normalized spacial score (nSPS) is 12.4. The van der Waals surface area contributed by atoms with Crippen LogP contribution in [0.5, 0.6) is 0 Å². The first kappa shape index (κ1) is 13.9. The summed E-state index contributed by atoms with van der Waals surface area (Å²) in [5.41, 5.74) is 1.04. The number of anilines is 1. The van der Waals surface area contributed by atoms with E-state index in [0.717, 1.165) is 24.4 Å². The Hall–Kier alpha value is -1.20. The summed E-state index contributed by atoms with van der Waals surface area (Å²) < 4.78 is 4.85. The quantitative estimate of drug-likeness (QED) is 0.714. The van der Waals surface area contributed by atoms with E-state index in [-0.39, 0.29) is 0 Å². The smallest absolute Gasteiger partial charge is 0.129 e. The van der Waals surface area contributed by atoms with Gasteiger partial charge in [-0.3, -0.25) is 0 Å². The van der Waals surface area contributed by atoms with E-state index >= 15 is 0 Å². The van der Waals surface area contributed by atoms with Gasteiger partial charge in [0, 0.05) is 25.4 Å². The number of aryl methyl sites for hydroxylation is 1. The van der Waals surface area contributed by atoms with Crippen molar-refractivity contribution < 1.29 is 9.84 Å². The first-order valence-electron chi connectivity index (χ1n) is 5.98. The number of hydrogen-bond acceptors (Lipinski definition) is 5.